The van der Waals surface area contributed by atoms with E-state index in [9.17, 15) is 18.0 Å². The molecule has 0 N–H and O–H groups in total. The van der Waals surface area contributed by atoms with Gasteiger partial charge in [0.15, 0.2) is 0 Å². The van der Waals surface area contributed by atoms with Crippen molar-refractivity contribution in [3.8, 4) is 0 Å². The van der Waals surface area contributed by atoms with Crippen LogP contribution in [-0.4, -0.2) is 26.6 Å². The molecule has 1 aromatic carbocycles. The number of hydrogen-bond donors (Lipinski definition) is 0. The Bertz CT molecular complexity index is 659. The Kier molecular flexibility index (Phi) is 6.25. The van der Waals surface area contributed by atoms with Crippen LogP contribution in [-0.2, 0) is 23.9 Å². The molecule has 0 spiro atoms. The molecule has 5 nitrogen and oxygen atoms in total. The van der Waals surface area contributed by atoms with Gasteiger partial charge in [-0.15, -0.1) is 0 Å². The van der Waals surface area contributed by atoms with E-state index in [1.807, 2.05) is 0 Å². The van der Waals surface area contributed by atoms with Crippen molar-refractivity contribution < 1.29 is 22.2 Å². The second-order valence-corrected chi connectivity index (χ2v) is 7.65. The van der Waals surface area contributed by atoms with E-state index in [2.05, 4.69) is 13.8 Å². The molecule has 0 aromatic heterocycles. The van der Waals surface area contributed by atoms with E-state index in [1.54, 1.807) is 12.1 Å². The third-order valence-electron chi connectivity index (χ3n) is 4.41. The summed E-state index contributed by atoms with van der Waals surface area (Å²) in [4.78, 5) is 23.2. The zero-order valence-corrected chi connectivity index (χ0v) is 15.1. The summed E-state index contributed by atoms with van der Waals surface area (Å²) in [6, 6.07) is 6.46. The first kappa shape index (κ1) is 19.5. The van der Waals surface area contributed by atoms with Crippen molar-refractivity contribution in [2.45, 2.75) is 51.9 Å². The van der Waals surface area contributed by atoms with Crippen molar-refractivity contribution in [3.05, 3.63) is 29.8 Å². The number of Topliss-reactive ketones (excluding diaryl/α,β-unsaturated/α-hetero) is 2. The molecule has 1 atom stereocenters. The van der Waals surface area contributed by atoms with E-state index in [-0.39, 0.29) is 4.90 Å². The molecule has 23 heavy (non-hydrogen) atoms. The molecule has 0 radical (unpaired) electrons. The lowest BCUT2D eigenvalue weighted by Gasteiger charge is -2.22. The minimum atomic E-state index is -4.01. The normalized spacial score (nSPS) is 13.6. The number of hydrogen-bond acceptors (Lipinski definition) is 5. The quantitative estimate of drug-likeness (QED) is 0.537. The van der Waals surface area contributed by atoms with E-state index in [1.165, 1.54) is 32.9 Å². The molecule has 0 amide bonds. The number of rotatable bonds is 8. The Morgan fingerprint density at radius 2 is 1.61 bits per heavy atom. The predicted octanol–water partition coefficient (Wildman–Crippen LogP) is 3.09. The van der Waals surface area contributed by atoms with Gasteiger partial charge in [0.1, 0.15) is 17.0 Å². The molecule has 0 saturated heterocycles. The summed E-state index contributed by atoms with van der Waals surface area (Å²) in [5.74, 6) is -0.508. The molecule has 0 fully saturated rings. The van der Waals surface area contributed by atoms with Crippen molar-refractivity contribution in [2.24, 2.45) is 5.41 Å². The third-order valence-corrected chi connectivity index (χ3v) is 5.68. The first-order valence-corrected chi connectivity index (χ1v) is 8.97. The predicted molar refractivity (Wildman–Crippen MR) is 87.8 cm³/mol. The molecule has 1 aromatic rings. The fraction of sp³-hybridized carbons (Fsp3) is 0.529. The topological polar surface area (TPSA) is 77.5 Å². The van der Waals surface area contributed by atoms with E-state index < -0.39 is 33.7 Å². The highest BCUT2D eigenvalue weighted by Crippen LogP contribution is 2.24. The summed E-state index contributed by atoms with van der Waals surface area (Å²) in [5.41, 5.74) is -0.409. The summed E-state index contributed by atoms with van der Waals surface area (Å²) < 4.78 is 29.4. The van der Waals surface area contributed by atoms with Crippen LogP contribution in [0.4, 0.5) is 0 Å². The van der Waals surface area contributed by atoms with Crippen LogP contribution in [0.25, 0.3) is 0 Å². The fourth-order valence-corrected chi connectivity index (χ4v) is 2.91. The zero-order valence-electron chi connectivity index (χ0n) is 14.3. The Morgan fingerprint density at radius 1 is 1.13 bits per heavy atom. The number of benzene rings is 1. The highest BCUT2D eigenvalue weighted by molar-refractivity contribution is 7.86. The van der Waals surface area contributed by atoms with Gasteiger partial charge in [0.05, 0.1) is 11.5 Å². The van der Waals surface area contributed by atoms with Crippen LogP contribution in [0, 0.1) is 5.41 Å². The lowest BCUT2D eigenvalue weighted by molar-refractivity contribution is -0.139. The largest absolute Gasteiger partial charge is 0.299 e. The first-order valence-electron chi connectivity index (χ1n) is 7.56. The number of ketones is 2. The van der Waals surface area contributed by atoms with Crippen molar-refractivity contribution in [3.63, 3.8) is 0 Å². The molecule has 128 valence electrons. The van der Waals surface area contributed by atoms with Crippen molar-refractivity contribution in [1.29, 1.82) is 0 Å². The average molecular weight is 340 g/mol. The van der Waals surface area contributed by atoms with Gasteiger partial charge in [-0.1, -0.05) is 26.0 Å². The second-order valence-electron chi connectivity index (χ2n) is 6.04. The Balaban J connectivity index is 2.96. The highest BCUT2D eigenvalue weighted by atomic mass is 32.2. The molecule has 0 aliphatic rings. The third kappa shape index (κ3) is 4.48. The van der Waals surface area contributed by atoms with E-state index in [0.717, 1.165) is 12.0 Å². The average Bonchev–Trinajstić information content (AvgIpc) is 2.51. The SMILES string of the molecule is CCC(C)c1ccc(S(=O)(=O)OCC(C)(C(C)=O)C(C)=O)cc1. The first-order chi connectivity index (χ1) is 10.5. The van der Waals surface area contributed by atoms with Crippen LogP contribution in [0.3, 0.4) is 0 Å². The van der Waals surface area contributed by atoms with Crippen LogP contribution < -0.4 is 0 Å². The summed E-state index contributed by atoms with van der Waals surface area (Å²) in [7, 11) is -4.01. The van der Waals surface area contributed by atoms with Crippen molar-refractivity contribution in [1.82, 2.24) is 0 Å². The second kappa shape index (κ2) is 7.36. The van der Waals surface area contributed by atoms with Crippen LogP contribution in [0.1, 0.15) is 52.5 Å². The van der Waals surface area contributed by atoms with Gasteiger partial charge >= 0.3 is 0 Å². The van der Waals surface area contributed by atoms with Gasteiger partial charge in [-0.25, -0.2) is 0 Å². The molecule has 6 heteroatoms. The van der Waals surface area contributed by atoms with Gasteiger partial charge in [-0.05, 0) is 50.8 Å². The van der Waals surface area contributed by atoms with E-state index in [0.29, 0.717) is 5.92 Å². The van der Waals surface area contributed by atoms with Gasteiger partial charge < -0.3 is 0 Å². The molecule has 0 aliphatic heterocycles. The maximum atomic E-state index is 12.2. The van der Waals surface area contributed by atoms with Crippen LogP contribution >= 0.6 is 0 Å². The van der Waals surface area contributed by atoms with Gasteiger partial charge in [-0.2, -0.15) is 8.42 Å². The maximum absolute atomic E-state index is 12.2. The Labute approximate surface area is 138 Å². The smallest absolute Gasteiger partial charge is 0.297 e. The van der Waals surface area contributed by atoms with Crippen molar-refractivity contribution >= 4 is 21.7 Å². The highest BCUT2D eigenvalue weighted by Gasteiger charge is 2.37. The summed E-state index contributed by atoms with van der Waals surface area (Å²) >= 11 is 0. The lowest BCUT2D eigenvalue weighted by atomic mass is 9.83. The minimum Gasteiger partial charge on any atom is -0.299 e. The van der Waals surface area contributed by atoms with Crippen molar-refractivity contribution in [2.75, 3.05) is 6.61 Å². The molecular weight excluding hydrogens is 316 g/mol. The van der Waals surface area contributed by atoms with Gasteiger partial charge in [0.2, 0.25) is 0 Å². The molecule has 1 rings (SSSR count). The van der Waals surface area contributed by atoms with Crippen LogP contribution in [0.5, 0.6) is 0 Å². The number of carbonyl (C=O) groups is 2. The summed E-state index contributed by atoms with van der Waals surface area (Å²) in [5, 5.41) is 0. The van der Waals surface area contributed by atoms with Crippen LogP contribution in [0.2, 0.25) is 0 Å². The molecule has 0 saturated carbocycles. The van der Waals surface area contributed by atoms with Gasteiger partial charge in [0.25, 0.3) is 10.1 Å². The summed E-state index contributed by atoms with van der Waals surface area (Å²) in [6.07, 6.45) is 0.957. The molecule has 1 unspecified atom stereocenters. The fourth-order valence-electron chi connectivity index (χ4n) is 1.91. The van der Waals surface area contributed by atoms with Gasteiger partial charge in [-0.3, -0.25) is 13.8 Å². The Hall–Kier alpha value is -1.53. The van der Waals surface area contributed by atoms with E-state index >= 15 is 0 Å². The van der Waals surface area contributed by atoms with Crippen LogP contribution in [0.15, 0.2) is 29.2 Å². The number of carbonyl (C=O) groups excluding carboxylic acids is 2. The monoisotopic (exact) mass is 340 g/mol. The summed E-state index contributed by atoms with van der Waals surface area (Å²) in [6.45, 7) is 7.51. The van der Waals surface area contributed by atoms with E-state index in [4.69, 9.17) is 4.18 Å². The van der Waals surface area contributed by atoms with Gasteiger partial charge in [0, 0.05) is 0 Å². The standard InChI is InChI=1S/C17H24O5S/c1-6-12(2)15-7-9-16(10-8-15)23(20,21)22-11-17(5,13(3)18)14(4)19/h7-10,12H,6,11H2,1-5H3. The Morgan fingerprint density at radius 3 is 2.00 bits per heavy atom. The molecule has 0 aliphatic carbocycles. The molecule has 0 heterocycles. The minimum absolute atomic E-state index is 0.0130. The molecule has 0 bridgehead atoms. The molecular formula is C17H24O5S. The zero-order chi connectivity index (χ0) is 17.8. The maximum Gasteiger partial charge on any atom is 0.297 e. The lowest BCUT2D eigenvalue weighted by Crippen LogP contribution is -2.38.